The number of benzene rings is 1. The molecule has 0 spiro atoms. The molecule has 0 fully saturated rings. The summed E-state index contributed by atoms with van der Waals surface area (Å²) in [5, 5.41) is 4.58. The van der Waals surface area contributed by atoms with Crippen LogP contribution in [-0.4, -0.2) is 20.7 Å². The summed E-state index contributed by atoms with van der Waals surface area (Å²) >= 11 is 0. The lowest BCUT2D eigenvalue weighted by Gasteiger charge is -2.14. The fourth-order valence-electron chi connectivity index (χ4n) is 4.21. The summed E-state index contributed by atoms with van der Waals surface area (Å²) in [7, 11) is 2.03. The molecule has 158 valence electrons. The van der Waals surface area contributed by atoms with Crippen LogP contribution in [-0.2, 0) is 26.2 Å². The maximum absolute atomic E-state index is 12.8. The number of hydrogen-bond donors (Lipinski definition) is 1. The Morgan fingerprint density at radius 2 is 1.94 bits per heavy atom. The summed E-state index contributed by atoms with van der Waals surface area (Å²) in [5.74, 6) is 0. The molecule has 3 aromatic heterocycles. The second-order valence-electron chi connectivity index (χ2n) is 7.67. The summed E-state index contributed by atoms with van der Waals surface area (Å²) in [6, 6.07) is 11.3. The van der Waals surface area contributed by atoms with Gasteiger partial charge in [0, 0.05) is 48.7 Å². The maximum atomic E-state index is 12.8. The number of aromatic nitrogens is 3. The predicted octanol–water partition coefficient (Wildman–Crippen LogP) is 4.06. The van der Waals surface area contributed by atoms with Crippen LogP contribution >= 0.6 is 0 Å². The summed E-state index contributed by atoms with van der Waals surface area (Å²) in [4.78, 5) is 16.7. The maximum Gasteiger partial charge on any atom is 0.417 e. The third-order valence-electron chi connectivity index (χ3n) is 5.85. The molecule has 1 aliphatic heterocycles. The number of rotatable bonds is 2. The Balaban J connectivity index is 1.52. The number of halogens is 3. The first-order chi connectivity index (χ1) is 14.8. The molecule has 0 atom stereocenters. The van der Waals surface area contributed by atoms with Gasteiger partial charge in [0.2, 0.25) is 0 Å². The lowest BCUT2D eigenvalue weighted by atomic mass is 10.0. The van der Waals surface area contributed by atoms with Gasteiger partial charge in [-0.15, -0.1) is 0 Å². The van der Waals surface area contributed by atoms with Crippen molar-refractivity contribution in [3.05, 3.63) is 82.0 Å². The van der Waals surface area contributed by atoms with Gasteiger partial charge in [0.05, 0.1) is 22.5 Å². The molecular formula is C23H19F3N4O. The number of fused-ring (bicyclic) bond motifs is 3. The second kappa shape index (κ2) is 7.09. The first kappa shape index (κ1) is 19.6. The zero-order valence-corrected chi connectivity index (χ0v) is 16.7. The lowest BCUT2D eigenvalue weighted by Crippen LogP contribution is -2.24. The number of aryl methyl sites for hydroxylation is 1. The molecule has 1 aromatic carbocycles. The van der Waals surface area contributed by atoms with E-state index in [1.54, 1.807) is 12.3 Å². The van der Waals surface area contributed by atoms with Crippen LogP contribution < -0.4 is 10.9 Å². The van der Waals surface area contributed by atoms with E-state index >= 15 is 0 Å². The minimum atomic E-state index is -4.44. The van der Waals surface area contributed by atoms with Crippen molar-refractivity contribution in [1.29, 1.82) is 0 Å². The Morgan fingerprint density at radius 3 is 2.65 bits per heavy atom. The van der Waals surface area contributed by atoms with E-state index in [0.717, 1.165) is 43.0 Å². The van der Waals surface area contributed by atoms with E-state index in [-0.39, 0.29) is 5.56 Å². The number of nitrogens with one attached hydrogen (secondary N) is 1. The van der Waals surface area contributed by atoms with Gasteiger partial charge >= 0.3 is 6.18 Å². The molecule has 0 saturated carbocycles. The minimum absolute atomic E-state index is 0.279. The Morgan fingerprint density at radius 1 is 1.10 bits per heavy atom. The number of alkyl halides is 3. The van der Waals surface area contributed by atoms with Crippen LogP contribution in [0.1, 0.15) is 16.8 Å². The highest BCUT2D eigenvalue weighted by Crippen LogP contribution is 2.30. The second-order valence-corrected chi connectivity index (χ2v) is 7.67. The molecule has 5 rings (SSSR count). The molecule has 1 N–H and O–H groups in total. The van der Waals surface area contributed by atoms with E-state index in [4.69, 9.17) is 0 Å². The van der Waals surface area contributed by atoms with Gasteiger partial charge in [0.15, 0.2) is 0 Å². The van der Waals surface area contributed by atoms with Gasteiger partial charge in [0.25, 0.3) is 5.56 Å². The van der Waals surface area contributed by atoms with Crippen LogP contribution in [0.15, 0.2) is 59.7 Å². The third kappa shape index (κ3) is 3.33. The van der Waals surface area contributed by atoms with Crippen LogP contribution in [0.5, 0.6) is 0 Å². The first-order valence-electron chi connectivity index (χ1n) is 9.90. The SMILES string of the molecule is Cn1c2c(c3ccc(-n4ccc(-c5ccc(C(F)(F)F)cn5)cc4=O)cc31)CCNC2. The van der Waals surface area contributed by atoms with Crippen LogP contribution in [0.4, 0.5) is 13.2 Å². The molecule has 0 bridgehead atoms. The summed E-state index contributed by atoms with van der Waals surface area (Å²) in [5.41, 5.74) is 4.08. The summed E-state index contributed by atoms with van der Waals surface area (Å²) in [6.45, 7) is 1.78. The van der Waals surface area contributed by atoms with Gasteiger partial charge in [-0.1, -0.05) is 6.07 Å². The Kier molecular flexibility index (Phi) is 4.48. The molecule has 31 heavy (non-hydrogen) atoms. The molecule has 4 heterocycles. The van der Waals surface area contributed by atoms with Crippen molar-refractivity contribution in [2.24, 2.45) is 7.05 Å². The predicted molar refractivity (Wildman–Crippen MR) is 112 cm³/mol. The van der Waals surface area contributed by atoms with Gasteiger partial charge in [0.1, 0.15) is 0 Å². The van der Waals surface area contributed by atoms with Crippen LogP contribution in [0, 0.1) is 0 Å². The highest BCUT2D eigenvalue weighted by atomic mass is 19.4. The van der Waals surface area contributed by atoms with Crippen molar-refractivity contribution in [1.82, 2.24) is 19.4 Å². The molecule has 1 aliphatic rings. The van der Waals surface area contributed by atoms with Gasteiger partial charge in [-0.05, 0) is 48.9 Å². The summed E-state index contributed by atoms with van der Waals surface area (Å²) < 4.78 is 41.9. The molecule has 0 saturated heterocycles. The van der Waals surface area contributed by atoms with Crippen molar-refractivity contribution in [3.8, 4) is 16.9 Å². The standard InChI is InChI=1S/C23H19F3N4O/c1-29-20-11-16(3-4-17(20)18-6-8-27-13-21(18)29)30-9-7-14(10-22(30)31)19-5-2-15(12-28-19)23(24,25)26/h2-5,7,9-12,27H,6,8,13H2,1H3. The molecule has 5 nitrogen and oxygen atoms in total. The number of nitrogens with zero attached hydrogens (tertiary/aromatic N) is 3. The highest BCUT2D eigenvalue weighted by molar-refractivity contribution is 5.87. The molecular weight excluding hydrogens is 405 g/mol. The van der Waals surface area contributed by atoms with E-state index in [1.807, 2.05) is 25.2 Å². The Hall–Kier alpha value is -3.39. The molecule has 0 radical (unpaired) electrons. The molecule has 4 aromatic rings. The first-order valence-corrected chi connectivity index (χ1v) is 9.90. The smallest absolute Gasteiger partial charge is 0.346 e. The molecule has 0 unspecified atom stereocenters. The van der Waals surface area contributed by atoms with Crippen LogP contribution in [0.3, 0.4) is 0 Å². The van der Waals surface area contributed by atoms with Crippen molar-refractivity contribution >= 4 is 10.9 Å². The van der Waals surface area contributed by atoms with E-state index < -0.39 is 11.7 Å². The van der Waals surface area contributed by atoms with Crippen molar-refractivity contribution in [2.75, 3.05) is 6.54 Å². The molecule has 0 aliphatic carbocycles. The van der Waals surface area contributed by atoms with Gasteiger partial charge in [-0.2, -0.15) is 13.2 Å². The van der Waals surface area contributed by atoms with Gasteiger partial charge in [-0.3, -0.25) is 14.3 Å². The zero-order chi connectivity index (χ0) is 21.8. The Bertz CT molecular complexity index is 1350. The molecule has 8 heteroatoms. The van der Waals surface area contributed by atoms with Crippen molar-refractivity contribution < 1.29 is 13.2 Å². The topological polar surface area (TPSA) is 51.9 Å². The lowest BCUT2D eigenvalue weighted by molar-refractivity contribution is -0.137. The van der Waals surface area contributed by atoms with Gasteiger partial charge < -0.3 is 9.88 Å². The largest absolute Gasteiger partial charge is 0.417 e. The molecule has 0 amide bonds. The highest BCUT2D eigenvalue weighted by Gasteiger charge is 2.30. The minimum Gasteiger partial charge on any atom is -0.346 e. The third-order valence-corrected chi connectivity index (χ3v) is 5.85. The monoisotopic (exact) mass is 424 g/mol. The van der Waals surface area contributed by atoms with Crippen LogP contribution in [0.25, 0.3) is 27.8 Å². The average Bonchev–Trinajstić information content (AvgIpc) is 3.05. The van der Waals surface area contributed by atoms with Crippen LogP contribution in [0.2, 0.25) is 0 Å². The average molecular weight is 424 g/mol. The summed E-state index contributed by atoms with van der Waals surface area (Å²) in [6.07, 6.45) is -1.07. The fourth-order valence-corrected chi connectivity index (χ4v) is 4.21. The van der Waals surface area contributed by atoms with E-state index in [0.29, 0.717) is 11.3 Å². The van der Waals surface area contributed by atoms with E-state index in [1.165, 1.54) is 33.3 Å². The fraction of sp³-hybridized carbons (Fsp3) is 0.217. The number of pyridine rings is 2. The zero-order valence-electron chi connectivity index (χ0n) is 16.7. The van der Waals surface area contributed by atoms with Crippen molar-refractivity contribution in [2.45, 2.75) is 19.1 Å². The van der Waals surface area contributed by atoms with Crippen molar-refractivity contribution in [3.63, 3.8) is 0 Å². The normalized spacial score (nSPS) is 14.1. The Labute approximate surface area is 175 Å². The van der Waals surface area contributed by atoms with Gasteiger partial charge in [-0.25, -0.2) is 0 Å². The quantitative estimate of drug-likeness (QED) is 0.528. The van der Waals surface area contributed by atoms with E-state index in [2.05, 4.69) is 14.9 Å². The van der Waals surface area contributed by atoms with E-state index in [9.17, 15) is 18.0 Å². The number of hydrogen-bond acceptors (Lipinski definition) is 3.